The van der Waals surface area contributed by atoms with Crippen molar-refractivity contribution >= 4 is 29.8 Å². The molecule has 1 saturated heterocycles. The largest absolute Gasteiger partial charge is 0.480 e. The number of hydrogen-bond donors (Lipinski definition) is 8. The minimum Gasteiger partial charge on any atom is -0.480 e. The van der Waals surface area contributed by atoms with Crippen molar-refractivity contribution in [1.82, 2.24) is 20.9 Å². The standard InChI is InChI=1S/C23H35N7O5/c24-22(25)29-23(26)27-13-5-4-9-16(19(31)30-14-6-10-18(30)21(34)35)28-17(20(32)33)12-11-15-7-2-1-3-8-15/h1-3,7-8,16-18,28H,4-6,9-14H2,(H,32,33)(H,34,35)(H6,24,25,26,27,29)/t16-,17?,18-/m0/s1. The van der Waals surface area contributed by atoms with E-state index in [1.165, 1.54) is 4.90 Å². The SMILES string of the molecule is N=C(N)NC(=N)NCCCC[C@H](NC(CCc1ccccc1)C(=O)O)C(=O)N1CCC[C@H]1C(=O)O. The van der Waals surface area contributed by atoms with E-state index < -0.39 is 36.0 Å². The Morgan fingerprint density at radius 2 is 1.80 bits per heavy atom. The summed E-state index contributed by atoms with van der Waals surface area (Å²) in [5.41, 5.74) is 6.16. The zero-order chi connectivity index (χ0) is 25.8. The first-order valence-electron chi connectivity index (χ1n) is 11.7. The number of carbonyl (C=O) groups excluding carboxylic acids is 1. The average Bonchev–Trinajstić information content (AvgIpc) is 3.30. The molecule has 192 valence electrons. The van der Waals surface area contributed by atoms with Gasteiger partial charge >= 0.3 is 11.9 Å². The van der Waals surface area contributed by atoms with Crippen LogP contribution < -0.4 is 21.7 Å². The molecule has 0 bridgehead atoms. The molecular weight excluding hydrogens is 454 g/mol. The van der Waals surface area contributed by atoms with Crippen LogP contribution in [-0.2, 0) is 20.8 Å². The molecule has 1 unspecified atom stereocenters. The molecule has 1 aliphatic rings. The Labute approximate surface area is 204 Å². The third kappa shape index (κ3) is 9.24. The molecule has 12 heteroatoms. The maximum absolute atomic E-state index is 13.3. The highest BCUT2D eigenvalue weighted by Crippen LogP contribution is 2.20. The quantitative estimate of drug-likeness (QED) is 0.109. The van der Waals surface area contributed by atoms with Gasteiger partial charge in [-0.1, -0.05) is 30.3 Å². The first kappa shape index (κ1) is 27.6. The molecule has 35 heavy (non-hydrogen) atoms. The molecule has 0 radical (unpaired) electrons. The van der Waals surface area contributed by atoms with Crippen molar-refractivity contribution in [1.29, 1.82) is 10.8 Å². The van der Waals surface area contributed by atoms with Gasteiger partial charge in [-0.05, 0) is 50.5 Å². The maximum Gasteiger partial charge on any atom is 0.326 e. The fraction of sp³-hybridized carbons (Fsp3) is 0.522. The van der Waals surface area contributed by atoms with Gasteiger partial charge in [-0.3, -0.25) is 31.0 Å². The second-order valence-corrected chi connectivity index (χ2v) is 8.50. The highest BCUT2D eigenvalue weighted by molar-refractivity contribution is 5.94. The molecule has 1 aromatic carbocycles. The van der Waals surface area contributed by atoms with Crippen molar-refractivity contribution in [2.24, 2.45) is 5.73 Å². The van der Waals surface area contributed by atoms with Gasteiger partial charge in [0.1, 0.15) is 12.1 Å². The van der Waals surface area contributed by atoms with E-state index in [-0.39, 0.29) is 18.3 Å². The monoisotopic (exact) mass is 489 g/mol. The van der Waals surface area contributed by atoms with Crippen LogP contribution in [0.15, 0.2) is 30.3 Å². The van der Waals surface area contributed by atoms with Gasteiger partial charge < -0.3 is 26.2 Å². The first-order valence-corrected chi connectivity index (χ1v) is 11.7. The molecule has 1 heterocycles. The molecule has 0 aromatic heterocycles. The minimum absolute atomic E-state index is 0.114. The summed E-state index contributed by atoms with van der Waals surface area (Å²) < 4.78 is 0. The lowest BCUT2D eigenvalue weighted by atomic mass is 10.0. The summed E-state index contributed by atoms with van der Waals surface area (Å²) in [6, 6.07) is 6.74. The summed E-state index contributed by atoms with van der Waals surface area (Å²) in [5, 5.41) is 42.0. The summed E-state index contributed by atoms with van der Waals surface area (Å²) in [5.74, 6) is -3.00. The zero-order valence-electron chi connectivity index (χ0n) is 19.6. The van der Waals surface area contributed by atoms with Crippen LogP contribution in [0.2, 0.25) is 0 Å². The Balaban J connectivity index is 2.02. The number of amides is 1. The van der Waals surface area contributed by atoms with E-state index in [9.17, 15) is 24.6 Å². The molecule has 2 rings (SSSR count). The van der Waals surface area contributed by atoms with Gasteiger partial charge in [0.2, 0.25) is 5.91 Å². The van der Waals surface area contributed by atoms with Crippen LogP contribution in [0.1, 0.15) is 44.1 Å². The van der Waals surface area contributed by atoms with Crippen LogP contribution in [-0.4, -0.2) is 76.1 Å². The van der Waals surface area contributed by atoms with Crippen molar-refractivity contribution in [2.45, 2.75) is 63.1 Å². The van der Waals surface area contributed by atoms with E-state index in [0.29, 0.717) is 51.6 Å². The number of benzene rings is 1. The molecule has 0 spiro atoms. The summed E-state index contributed by atoms with van der Waals surface area (Å²) in [7, 11) is 0. The van der Waals surface area contributed by atoms with Crippen LogP contribution in [0.5, 0.6) is 0 Å². The Morgan fingerprint density at radius 1 is 1.09 bits per heavy atom. The third-order valence-corrected chi connectivity index (χ3v) is 5.87. The number of aryl methyl sites for hydroxylation is 1. The summed E-state index contributed by atoms with van der Waals surface area (Å²) in [6.45, 7) is 0.711. The summed E-state index contributed by atoms with van der Waals surface area (Å²) in [4.78, 5) is 38.2. The van der Waals surface area contributed by atoms with E-state index in [1.807, 2.05) is 30.3 Å². The number of carboxylic acid groups (broad SMARTS) is 2. The van der Waals surface area contributed by atoms with Gasteiger partial charge in [0, 0.05) is 13.1 Å². The average molecular weight is 490 g/mol. The smallest absolute Gasteiger partial charge is 0.326 e. The van der Waals surface area contributed by atoms with Crippen LogP contribution >= 0.6 is 0 Å². The summed E-state index contributed by atoms with van der Waals surface area (Å²) >= 11 is 0. The lowest BCUT2D eigenvalue weighted by Gasteiger charge is -2.29. The first-order chi connectivity index (χ1) is 16.7. The van der Waals surface area contributed by atoms with Crippen molar-refractivity contribution in [3.8, 4) is 0 Å². The Bertz CT molecular complexity index is 896. The molecule has 1 fully saturated rings. The predicted molar refractivity (Wildman–Crippen MR) is 130 cm³/mol. The Morgan fingerprint density at radius 3 is 2.43 bits per heavy atom. The van der Waals surface area contributed by atoms with E-state index in [1.54, 1.807) is 0 Å². The minimum atomic E-state index is -1.07. The van der Waals surface area contributed by atoms with Crippen LogP contribution in [0.3, 0.4) is 0 Å². The van der Waals surface area contributed by atoms with Gasteiger partial charge in [0.05, 0.1) is 6.04 Å². The number of carboxylic acids is 2. The number of nitrogens with zero attached hydrogens (tertiary/aromatic N) is 1. The van der Waals surface area contributed by atoms with Crippen molar-refractivity contribution in [2.75, 3.05) is 13.1 Å². The van der Waals surface area contributed by atoms with E-state index in [0.717, 1.165) is 5.56 Å². The van der Waals surface area contributed by atoms with Gasteiger partial charge in [0.25, 0.3) is 0 Å². The maximum atomic E-state index is 13.3. The number of unbranched alkanes of at least 4 members (excludes halogenated alkanes) is 1. The molecule has 1 aliphatic heterocycles. The van der Waals surface area contributed by atoms with Crippen LogP contribution in [0.25, 0.3) is 0 Å². The number of likely N-dealkylation sites (tertiary alicyclic amines) is 1. The molecular formula is C23H35N7O5. The van der Waals surface area contributed by atoms with Crippen LogP contribution in [0, 0.1) is 10.8 Å². The van der Waals surface area contributed by atoms with Gasteiger partial charge in [-0.2, -0.15) is 0 Å². The van der Waals surface area contributed by atoms with Crippen molar-refractivity contribution in [3.63, 3.8) is 0 Å². The normalized spacial score (nSPS) is 16.8. The number of nitrogens with one attached hydrogen (secondary N) is 5. The van der Waals surface area contributed by atoms with Gasteiger partial charge in [-0.25, -0.2) is 4.79 Å². The number of rotatable bonds is 13. The van der Waals surface area contributed by atoms with Crippen molar-refractivity contribution in [3.05, 3.63) is 35.9 Å². The number of guanidine groups is 2. The molecule has 1 amide bonds. The van der Waals surface area contributed by atoms with Gasteiger partial charge in [-0.15, -0.1) is 0 Å². The lowest BCUT2D eigenvalue weighted by Crippen LogP contribution is -2.54. The van der Waals surface area contributed by atoms with E-state index in [2.05, 4.69) is 16.0 Å². The lowest BCUT2D eigenvalue weighted by molar-refractivity contribution is -0.149. The van der Waals surface area contributed by atoms with Crippen molar-refractivity contribution < 1.29 is 24.6 Å². The second kappa shape index (κ2) is 13.9. The molecule has 3 atom stereocenters. The fourth-order valence-electron chi connectivity index (χ4n) is 4.11. The Kier molecular flexibility index (Phi) is 10.9. The molecule has 0 aliphatic carbocycles. The number of aliphatic carboxylic acids is 2. The predicted octanol–water partition coefficient (Wildman–Crippen LogP) is 0.284. The number of nitrogens with two attached hydrogens (primary N) is 1. The highest BCUT2D eigenvalue weighted by atomic mass is 16.4. The zero-order valence-corrected chi connectivity index (χ0v) is 19.6. The topological polar surface area (TPSA) is 205 Å². The van der Waals surface area contributed by atoms with Gasteiger partial charge in [0.15, 0.2) is 11.9 Å². The molecule has 0 saturated carbocycles. The number of hydrogen-bond acceptors (Lipinski definition) is 6. The highest BCUT2D eigenvalue weighted by Gasteiger charge is 2.38. The number of carbonyl (C=O) groups is 3. The van der Waals surface area contributed by atoms with Crippen LogP contribution in [0.4, 0.5) is 0 Å². The third-order valence-electron chi connectivity index (χ3n) is 5.87. The molecule has 12 nitrogen and oxygen atoms in total. The second-order valence-electron chi connectivity index (χ2n) is 8.50. The molecule has 1 aromatic rings. The molecule has 9 N–H and O–H groups in total. The van der Waals surface area contributed by atoms with E-state index in [4.69, 9.17) is 16.6 Å². The fourth-order valence-corrected chi connectivity index (χ4v) is 4.11. The van der Waals surface area contributed by atoms with E-state index >= 15 is 0 Å². The summed E-state index contributed by atoms with van der Waals surface area (Å²) in [6.07, 6.45) is 3.16. The Hall–Kier alpha value is -3.67.